The lowest BCUT2D eigenvalue weighted by Gasteiger charge is -2.44. The number of nitrogens with zero attached hydrogens (tertiary/aromatic N) is 3. The lowest BCUT2D eigenvalue weighted by atomic mass is 9.73. The van der Waals surface area contributed by atoms with Crippen LogP contribution < -0.4 is 0 Å². The van der Waals surface area contributed by atoms with Crippen molar-refractivity contribution in [1.29, 1.82) is 0 Å². The molecule has 214 valence electrons. The highest BCUT2D eigenvalue weighted by Crippen LogP contribution is 2.51. The first-order valence-electron chi connectivity index (χ1n) is 14.3. The fraction of sp³-hybridized carbons (Fsp3) is 0.548. The first-order chi connectivity index (χ1) is 19.1. The highest BCUT2D eigenvalue weighted by Gasteiger charge is 2.47. The Morgan fingerprint density at radius 2 is 2.05 bits per heavy atom. The van der Waals surface area contributed by atoms with Crippen molar-refractivity contribution in [3.8, 4) is 0 Å². The van der Waals surface area contributed by atoms with Crippen LogP contribution in [0.5, 0.6) is 0 Å². The number of hydrogen-bond donors (Lipinski definition) is 3. The number of fused-ring (bicyclic) bond motifs is 2. The molecular formula is C31H38FN3O5. The molecule has 1 fully saturated rings. The number of aliphatic hydroxyl groups excluding tert-OH is 2. The first-order valence-corrected chi connectivity index (χ1v) is 14.3. The van der Waals surface area contributed by atoms with E-state index < -0.39 is 11.9 Å². The van der Waals surface area contributed by atoms with E-state index >= 15 is 4.39 Å². The van der Waals surface area contributed by atoms with Gasteiger partial charge in [-0.05, 0) is 74.8 Å². The lowest BCUT2D eigenvalue weighted by molar-refractivity contribution is -0.202. The Balaban J connectivity index is 1.65. The fourth-order valence-electron chi connectivity index (χ4n) is 7.36. The molecule has 8 nitrogen and oxygen atoms in total. The summed E-state index contributed by atoms with van der Waals surface area (Å²) < 4.78 is 20.5. The topological polar surface area (TPSA) is 106 Å². The maximum atomic E-state index is 15.2. The van der Waals surface area contributed by atoms with Gasteiger partial charge >= 0.3 is 0 Å². The number of carbonyl (C=O) groups excluding carboxylic acids is 1. The predicted molar refractivity (Wildman–Crippen MR) is 149 cm³/mol. The fourth-order valence-corrected chi connectivity index (χ4v) is 7.36. The van der Waals surface area contributed by atoms with E-state index in [9.17, 15) is 20.1 Å². The molecule has 3 N–H and O–H groups in total. The Hall–Kier alpha value is -2.69. The van der Waals surface area contributed by atoms with Crippen LogP contribution >= 0.6 is 0 Å². The maximum Gasteiger partial charge on any atom is 0.188 e. The van der Waals surface area contributed by atoms with E-state index in [4.69, 9.17) is 9.72 Å². The quantitative estimate of drug-likeness (QED) is 0.487. The Bertz CT molecular complexity index is 1470. The van der Waals surface area contributed by atoms with Crippen molar-refractivity contribution >= 4 is 22.9 Å². The van der Waals surface area contributed by atoms with Crippen LogP contribution in [-0.2, 0) is 28.0 Å². The number of likely N-dealkylation sites (tertiary alicyclic amines) is 1. The number of aldehydes is 1. The molecule has 6 rings (SSSR count). The van der Waals surface area contributed by atoms with Crippen LogP contribution in [0.3, 0.4) is 0 Å². The SMILES string of the molecule is CCN1Cc2c(nc3cc(F)c(C)c4c3c2[C@@](C)(N2CC[C@@H](O)C2)CC4)/C1=C/C1=C(C=O)COC(O)[C@]1(O)CC. The van der Waals surface area contributed by atoms with E-state index in [0.29, 0.717) is 48.3 Å². The van der Waals surface area contributed by atoms with Gasteiger partial charge in [0.2, 0.25) is 0 Å². The molecule has 1 aromatic carbocycles. The largest absolute Gasteiger partial charge is 0.392 e. The molecule has 1 aliphatic carbocycles. The second kappa shape index (κ2) is 9.70. The van der Waals surface area contributed by atoms with Crippen molar-refractivity contribution in [1.82, 2.24) is 14.8 Å². The predicted octanol–water partition coefficient (Wildman–Crippen LogP) is 3.07. The number of halogens is 1. The van der Waals surface area contributed by atoms with Crippen LogP contribution in [-0.4, -0.2) is 80.6 Å². The van der Waals surface area contributed by atoms with Gasteiger partial charge in [-0.25, -0.2) is 9.37 Å². The molecule has 2 aromatic rings. The van der Waals surface area contributed by atoms with E-state index in [-0.39, 0.29) is 36.1 Å². The standard InChI is InChI=1S/C31H38FN3O5/c1-5-31(39)22(18(15-36)16-40-29(31)38)11-25-28-21(14-34(25)6-2)27-26-20(17(3)23(32)12-24(26)33-28)7-9-30(27,4)35-10-8-19(37)13-35/h11-12,15,19,29,37-39H,5-10,13-14,16H2,1-4H3/b25-11-/t19-,29?,30+,31+/m1/s1. The van der Waals surface area contributed by atoms with Gasteiger partial charge in [-0.1, -0.05) is 6.92 Å². The highest BCUT2D eigenvalue weighted by atomic mass is 19.1. The molecule has 40 heavy (non-hydrogen) atoms. The minimum atomic E-state index is -1.76. The molecule has 0 spiro atoms. The molecule has 1 aromatic heterocycles. The third-order valence-corrected chi connectivity index (χ3v) is 9.86. The van der Waals surface area contributed by atoms with Crippen molar-refractivity contribution in [2.24, 2.45) is 0 Å². The summed E-state index contributed by atoms with van der Waals surface area (Å²) in [5, 5.41) is 33.5. The van der Waals surface area contributed by atoms with E-state index in [2.05, 4.69) is 16.7 Å². The van der Waals surface area contributed by atoms with Gasteiger partial charge in [-0.3, -0.25) is 9.69 Å². The normalized spacial score (nSPS) is 31.5. The number of hydrogen-bond acceptors (Lipinski definition) is 8. The van der Waals surface area contributed by atoms with Crippen LogP contribution in [0, 0.1) is 12.7 Å². The third-order valence-electron chi connectivity index (χ3n) is 9.86. The van der Waals surface area contributed by atoms with Gasteiger partial charge in [-0.15, -0.1) is 0 Å². The van der Waals surface area contributed by atoms with Crippen LogP contribution in [0.25, 0.3) is 16.6 Å². The van der Waals surface area contributed by atoms with Crippen LogP contribution in [0.15, 0.2) is 23.3 Å². The summed E-state index contributed by atoms with van der Waals surface area (Å²) >= 11 is 0. The molecule has 1 saturated heterocycles. The summed E-state index contributed by atoms with van der Waals surface area (Å²) in [7, 11) is 0. The zero-order valence-electron chi connectivity index (χ0n) is 23.6. The molecule has 3 aliphatic heterocycles. The number of ether oxygens (including phenoxy) is 1. The van der Waals surface area contributed by atoms with Gasteiger partial charge in [0.25, 0.3) is 0 Å². The lowest BCUT2D eigenvalue weighted by Crippen LogP contribution is -2.49. The zero-order chi connectivity index (χ0) is 28.6. The van der Waals surface area contributed by atoms with Crippen LogP contribution in [0.2, 0.25) is 0 Å². The molecule has 4 atom stereocenters. The van der Waals surface area contributed by atoms with Crippen LogP contribution in [0.1, 0.15) is 68.0 Å². The highest BCUT2D eigenvalue weighted by molar-refractivity contribution is 5.93. The Labute approximate surface area is 233 Å². The van der Waals surface area contributed by atoms with Gasteiger partial charge in [0.05, 0.1) is 29.6 Å². The van der Waals surface area contributed by atoms with Crippen molar-refractivity contribution in [3.63, 3.8) is 0 Å². The Kier molecular flexibility index (Phi) is 6.66. The zero-order valence-corrected chi connectivity index (χ0v) is 23.6. The minimum Gasteiger partial charge on any atom is -0.392 e. The molecule has 0 bridgehead atoms. The number of carbonyl (C=O) groups is 1. The summed E-state index contributed by atoms with van der Waals surface area (Å²) in [6.07, 6.45) is 2.98. The van der Waals surface area contributed by atoms with E-state index in [1.165, 1.54) is 6.07 Å². The number of benzene rings is 1. The number of rotatable bonds is 5. The van der Waals surface area contributed by atoms with E-state index in [0.717, 1.165) is 53.6 Å². The molecular weight excluding hydrogens is 513 g/mol. The molecule has 0 radical (unpaired) electrons. The third kappa shape index (κ3) is 3.82. The maximum absolute atomic E-state index is 15.2. The summed E-state index contributed by atoms with van der Waals surface area (Å²) in [6.45, 7) is 10.3. The van der Waals surface area contributed by atoms with Crippen molar-refractivity contribution in [2.45, 2.75) is 83.5 Å². The number of aliphatic hydroxyl groups is 3. The molecule has 4 heterocycles. The number of aromatic nitrogens is 1. The van der Waals surface area contributed by atoms with Gasteiger partial charge in [0, 0.05) is 54.3 Å². The monoisotopic (exact) mass is 551 g/mol. The second-order valence-electron chi connectivity index (χ2n) is 11.9. The molecule has 1 unspecified atom stereocenters. The summed E-state index contributed by atoms with van der Waals surface area (Å²) in [4.78, 5) is 21.6. The molecule has 9 heteroatoms. The molecule has 0 saturated carbocycles. The summed E-state index contributed by atoms with van der Waals surface area (Å²) in [5.41, 5.74) is 4.31. The average Bonchev–Trinajstić information content (AvgIpc) is 3.54. The molecule has 4 aliphatic rings. The number of aryl methyl sites for hydroxylation is 1. The summed E-state index contributed by atoms with van der Waals surface area (Å²) in [6, 6.07) is 1.52. The van der Waals surface area contributed by atoms with Crippen LogP contribution in [0.4, 0.5) is 4.39 Å². The van der Waals surface area contributed by atoms with Gasteiger partial charge in [-0.2, -0.15) is 0 Å². The van der Waals surface area contributed by atoms with Gasteiger partial charge in [0.1, 0.15) is 17.7 Å². The second-order valence-corrected chi connectivity index (χ2v) is 11.9. The van der Waals surface area contributed by atoms with E-state index in [1.807, 2.05) is 13.8 Å². The number of pyridine rings is 1. The van der Waals surface area contributed by atoms with E-state index in [1.54, 1.807) is 13.0 Å². The number of β-amino-alcohol motifs (C(OH)–C–C–N with tert-alkyl or cyclic N) is 1. The first kappa shape index (κ1) is 27.5. The van der Waals surface area contributed by atoms with Crippen molar-refractivity contribution in [2.75, 3.05) is 26.2 Å². The van der Waals surface area contributed by atoms with Gasteiger partial charge in [0.15, 0.2) is 6.29 Å². The van der Waals surface area contributed by atoms with Crippen molar-refractivity contribution < 1.29 is 29.2 Å². The average molecular weight is 552 g/mol. The van der Waals surface area contributed by atoms with Crippen molar-refractivity contribution in [3.05, 3.63) is 57.1 Å². The van der Waals surface area contributed by atoms with Gasteiger partial charge < -0.3 is 25.0 Å². The smallest absolute Gasteiger partial charge is 0.188 e. The Morgan fingerprint density at radius 1 is 1.27 bits per heavy atom. The minimum absolute atomic E-state index is 0.106. The molecule has 0 amide bonds. The Morgan fingerprint density at radius 3 is 2.70 bits per heavy atom. The summed E-state index contributed by atoms with van der Waals surface area (Å²) in [5.74, 6) is -0.282.